The Morgan fingerprint density at radius 2 is 2.10 bits per heavy atom. The van der Waals surface area contributed by atoms with Gasteiger partial charge in [0.2, 0.25) is 0 Å². The van der Waals surface area contributed by atoms with Gasteiger partial charge in [-0.15, -0.1) is 0 Å². The third kappa shape index (κ3) is 2.56. The minimum Gasteiger partial charge on any atom is -0.466 e. The molecule has 110 valence electrons. The van der Waals surface area contributed by atoms with Crippen LogP contribution in [-0.4, -0.2) is 31.3 Å². The molecule has 0 aliphatic carbocycles. The van der Waals surface area contributed by atoms with Crippen LogP contribution < -0.4 is 4.90 Å². The number of Topliss-reactive ketones (excluding diaryl/α,β-unsaturated/α-hetero) is 1. The number of benzene rings is 1. The van der Waals surface area contributed by atoms with E-state index in [2.05, 4.69) is 4.74 Å². The van der Waals surface area contributed by atoms with Gasteiger partial charge in [-0.3, -0.25) is 14.5 Å². The molecule has 0 N–H and O–H groups in total. The lowest BCUT2D eigenvalue weighted by Crippen LogP contribution is -2.30. The summed E-state index contributed by atoms with van der Waals surface area (Å²) >= 11 is 0. The number of nitrogens with zero attached hydrogens (tertiary/aromatic N) is 1. The Bertz CT molecular complexity index is 651. The lowest BCUT2D eigenvalue weighted by Gasteiger charge is -2.15. The molecule has 0 atom stereocenters. The molecule has 21 heavy (non-hydrogen) atoms. The molecule has 2 rings (SSSR count). The van der Waals surface area contributed by atoms with Crippen LogP contribution in [0.4, 0.5) is 10.1 Å². The van der Waals surface area contributed by atoms with Gasteiger partial charge in [-0.05, 0) is 18.6 Å². The molecule has 0 unspecified atom stereocenters. The van der Waals surface area contributed by atoms with Gasteiger partial charge in [0.15, 0.2) is 0 Å². The summed E-state index contributed by atoms with van der Waals surface area (Å²) in [6.45, 7) is 1.70. The van der Waals surface area contributed by atoms with Gasteiger partial charge in [0.25, 0.3) is 11.7 Å². The third-order valence-corrected chi connectivity index (χ3v) is 3.29. The second-order valence-electron chi connectivity index (χ2n) is 4.46. The van der Waals surface area contributed by atoms with Gasteiger partial charge in [-0.25, -0.2) is 9.18 Å². The number of hydrogen-bond donors (Lipinski definition) is 0. The van der Waals surface area contributed by atoms with Crippen molar-refractivity contribution in [1.82, 2.24) is 0 Å². The highest BCUT2D eigenvalue weighted by molar-refractivity contribution is 6.52. The maximum Gasteiger partial charge on any atom is 0.333 e. The first-order valence-corrected chi connectivity index (χ1v) is 6.43. The Morgan fingerprint density at radius 1 is 1.38 bits per heavy atom. The number of esters is 1. The minimum absolute atomic E-state index is 0.0379. The van der Waals surface area contributed by atoms with Gasteiger partial charge in [0.05, 0.1) is 18.4 Å². The van der Waals surface area contributed by atoms with Crippen molar-refractivity contribution in [1.29, 1.82) is 0 Å². The minimum atomic E-state index is -0.799. The number of ketones is 1. The Kier molecular flexibility index (Phi) is 4.16. The van der Waals surface area contributed by atoms with Crippen molar-refractivity contribution in [3.8, 4) is 0 Å². The van der Waals surface area contributed by atoms with E-state index < -0.39 is 23.5 Å². The summed E-state index contributed by atoms with van der Waals surface area (Å²) < 4.78 is 18.5. The van der Waals surface area contributed by atoms with E-state index in [1.807, 2.05) is 0 Å². The summed E-state index contributed by atoms with van der Waals surface area (Å²) in [6, 6.07) is 3.97. The number of para-hydroxylation sites is 1. The van der Waals surface area contributed by atoms with Crippen molar-refractivity contribution in [2.24, 2.45) is 0 Å². The normalized spacial score (nSPS) is 14.4. The molecule has 1 aromatic rings. The first kappa shape index (κ1) is 14.9. The molecule has 0 bridgehead atoms. The number of hydrogen-bond acceptors (Lipinski definition) is 4. The maximum absolute atomic E-state index is 13.9. The lowest BCUT2D eigenvalue weighted by atomic mass is 10.1. The van der Waals surface area contributed by atoms with E-state index in [1.54, 1.807) is 6.92 Å². The summed E-state index contributed by atoms with van der Waals surface area (Å²) in [5.74, 6) is -2.69. The number of carbonyl (C=O) groups is 3. The molecule has 0 saturated carbocycles. The van der Waals surface area contributed by atoms with E-state index in [0.717, 1.165) is 4.90 Å². The van der Waals surface area contributed by atoms with Crippen molar-refractivity contribution in [2.75, 3.05) is 18.6 Å². The van der Waals surface area contributed by atoms with Crippen LogP contribution in [0.1, 0.15) is 23.7 Å². The first-order valence-electron chi connectivity index (χ1n) is 6.43. The van der Waals surface area contributed by atoms with Gasteiger partial charge in [-0.2, -0.15) is 0 Å². The number of carbonyl (C=O) groups excluding carboxylic acids is 3. The molecule has 1 aliphatic heterocycles. The summed E-state index contributed by atoms with van der Waals surface area (Å²) in [4.78, 5) is 36.2. The van der Waals surface area contributed by atoms with Crippen molar-refractivity contribution in [3.05, 3.63) is 41.2 Å². The summed E-state index contributed by atoms with van der Waals surface area (Å²) in [6.07, 6.45) is 1.88. The van der Waals surface area contributed by atoms with E-state index in [0.29, 0.717) is 12.0 Å². The molecule has 0 aromatic heterocycles. The fraction of sp³-hybridized carbons (Fsp3) is 0.267. The standard InChI is InChI=1S/C15H14FNO4/c1-3-9(15(20)21-2)7-8-17-12-10(13(18)14(17)19)5-4-6-11(12)16/h4-7H,3,8H2,1-2H3/b9-7-. The Hall–Kier alpha value is -2.50. The van der Waals surface area contributed by atoms with Crippen molar-refractivity contribution in [2.45, 2.75) is 13.3 Å². The monoisotopic (exact) mass is 291 g/mol. The number of fused-ring (bicyclic) bond motifs is 1. The number of rotatable bonds is 4. The number of methoxy groups -OCH3 is 1. The highest BCUT2D eigenvalue weighted by Crippen LogP contribution is 2.31. The smallest absolute Gasteiger partial charge is 0.333 e. The molecule has 5 nitrogen and oxygen atoms in total. The molecular weight excluding hydrogens is 277 g/mol. The molecule has 1 aliphatic rings. The maximum atomic E-state index is 13.9. The molecule has 0 radical (unpaired) electrons. The summed E-state index contributed by atoms with van der Waals surface area (Å²) in [5.41, 5.74) is 0.371. The molecule has 1 heterocycles. The molecule has 1 aromatic carbocycles. The topological polar surface area (TPSA) is 63.7 Å². The van der Waals surface area contributed by atoms with Crippen LogP contribution in [0.3, 0.4) is 0 Å². The first-order chi connectivity index (χ1) is 10.0. The SMILES string of the molecule is CC/C(=C/CN1C(=O)C(=O)c2cccc(F)c21)C(=O)OC. The Morgan fingerprint density at radius 3 is 2.71 bits per heavy atom. The zero-order chi connectivity index (χ0) is 15.6. The van der Waals surface area contributed by atoms with Crippen LogP contribution in [0, 0.1) is 5.82 Å². The van der Waals surface area contributed by atoms with Gasteiger partial charge < -0.3 is 4.74 Å². The molecule has 0 saturated heterocycles. The molecule has 0 spiro atoms. The van der Waals surface area contributed by atoms with Crippen molar-refractivity contribution >= 4 is 23.3 Å². The van der Waals surface area contributed by atoms with Crippen LogP contribution in [0.25, 0.3) is 0 Å². The van der Waals surface area contributed by atoms with E-state index >= 15 is 0 Å². The van der Waals surface area contributed by atoms with Crippen LogP contribution in [0.15, 0.2) is 29.8 Å². The highest BCUT2D eigenvalue weighted by Gasteiger charge is 2.37. The highest BCUT2D eigenvalue weighted by atomic mass is 19.1. The second kappa shape index (κ2) is 5.87. The number of ether oxygens (including phenoxy) is 1. The Labute approximate surface area is 121 Å². The van der Waals surface area contributed by atoms with Gasteiger partial charge >= 0.3 is 5.97 Å². The van der Waals surface area contributed by atoms with Gasteiger partial charge in [0.1, 0.15) is 5.82 Å². The van der Waals surface area contributed by atoms with Crippen LogP contribution >= 0.6 is 0 Å². The van der Waals surface area contributed by atoms with E-state index in [1.165, 1.54) is 31.4 Å². The van der Waals surface area contributed by atoms with Crippen LogP contribution in [0.2, 0.25) is 0 Å². The van der Waals surface area contributed by atoms with Gasteiger partial charge in [0, 0.05) is 12.1 Å². The van der Waals surface area contributed by atoms with Crippen LogP contribution in [0.5, 0.6) is 0 Å². The van der Waals surface area contributed by atoms with E-state index in [9.17, 15) is 18.8 Å². The average molecular weight is 291 g/mol. The zero-order valence-corrected chi connectivity index (χ0v) is 11.7. The van der Waals surface area contributed by atoms with E-state index in [4.69, 9.17) is 0 Å². The van der Waals surface area contributed by atoms with E-state index in [-0.39, 0.29) is 17.8 Å². The Balaban J connectivity index is 2.34. The fourth-order valence-electron chi connectivity index (χ4n) is 2.19. The summed E-state index contributed by atoms with van der Waals surface area (Å²) in [7, 11) is 1.26. The quantitative estimate of drug-likeness (QED) is 0.482. The second-order valence-corrected chi connectivity index (χ2v) is 4.46. The fourth-order valence-corrected chi connectivity index (χ4v) is 2.19. The zero-order valence-electron chi connectivity index (χ0n) is 11.7. The predicted octanol–water partition coefficient (Wildman–Crippen LogP) is 1.86. The number of amides is 1. The number of anilines is 1. The van der Waals surface area contributed by atoms with Crippen molar-refractivity contribution in [3.63, 3.8) is 0 Å². The third-order valence-electron chi connectivity index (χ3n) is 3.29. The lowest BCUT2D eigenvalue weighted by molar-refractivity contribution is -0.136. The molecule has 0 fully saturated rings. The van der Waals surface area contributed by atoms with Crippen molar-refractivity contribution < 1.29 is 23.5 Å². The number of halogens is 1. The predicted molar refractivity (Wildman–Crippen MR) is 73.5 cm³/mol. The summed E-state index contributed by atoms with van der Waals surface area (Å²) in [5, 5.41) is 0. The molecule has 6 heteroatoms. The molecular formula is C15H14FNO4. The largest absolute Gasteiger partial charge is 0.466 e. The van der Waals surface area contributed by atoms with Crippen LogP contribution in [-0.2, 0) is 14.3 Å². The average Bonchev–Trinajstić information content (AvgIpc) is 2.73. The van der Waals surface area contributed by atoms with Gasteiger partial charge in [-0.1, -0.05) is 19.1 Å². The molecule has 1 amide bonds.